The van der Waals surface area contributed by atoms with Crippen LogP contribution in [0.3, 0.4) is 0 Å². The largest absolute Gasteiger partial charge is 0.394 e. The molecule has 4 heteroatoms. The van der Waals surface area contributed by atoms with Crippen molar-refractivity contribution < 1.29 is 5.11 Å². The Morgan fingerprint density at radius 3 is 2.74 bits per heavy atom. The molecule has 1 saturated carbocycles. The topological polar surface area (TPSA) is 56.0 Å². The first-order valence-electron chi connectivity index (χ1n) is 6.67. The van der Waals surface area contributed by atoms with E-state index in [-0.39, 0.29) is 12.1 Å². The molecule has 0 unspecified atom stereocenters. The van der Waals surface area contributed by atoms with Gasteiger partial charge in [0.2, 0.25) is 0 Å². The molecule has 0 atom stereocenters. The average Bonchev–Trinajstić information content (AvgIpc) is 2.42. The molecule has 0 aromatic heterocycles. The van der Waals surface area contributed by atoms with Crippen LogP contribution in [0.1, 0.15) is 38.2 Å². The minimum atomic E-state index is -0.279. The fourth-order valence-corrected chi connectivity index (χ4v) is 3.00. The van der Waals surface area contributed by atoms with Gasteiger partial charge in [0.25, 0.3) is 0 Å². The zero-order valence-corrected chi connectivity index (χ0v) is 12.7. The zero-order chi connectivity index (χ0) is 13.9. The summed E-state index contributed by atoms with van der Waals surface area (Å²) < 4.78 is 0.936. The first kappa shape index (κ1) is 14.4. The van der Waals surface area contributed by atoms with Crippen LogP contribution in [0.2, 0.25) is 0 Å². The molecule has 0 spiro atoms. The number of nitrogens with zero attached hydrogens (tertiary/aromatic N) is 1. The fraction of sp³-hybridized carbons (Fsp3) is 0.533. The third-order valence-corrected chi connectivity index (χ3v) is 4.53. The minimum absolute atomic E-state index is 0.108. The van der Waals surface area contributed by atoms with E-state index in [0.717, 1.165) is 41.8 Å². The summed E-state index contributed by atoms with van der Waals surface area (Å²) in [6, 6.07) is 7.76. The SMILES string of the molecule is CC1CCC(CO)(Nc2cc(Br)ccc2C#N)CC1. The number of rotatable bonds is 3. The van der Waals surface area contributed by atoms with Crippen molar-refractivity contribution in [3.8, 4) is 6.07 Å². The smallest absolute Gasteiger partial charge is 0.101 e. The second-order valence-electron chi connectivity index (χ2n) is 5.55. The van der Waals surface area contributed by atoms with Crippen LogP contribution in [0, 0.1) is 17.2 Å². The van der Waals surface area contributed by atoms with Gasteiger partial charge >= 0.3 is 0 Å². The molecule has 1 fully saturated rings. The maximum absolute atomic E-state index is 9.76. The monoisotopic (exact) mass is 322 g/mol. The van der Waals surface area contributed by atoms with Crippen LogP contribution >= 0.6 is 15.9 Å². The van der Waals surface area contributed by atoms with Gasteiger partial charge in [-0.3, -0.25) is 0 Å². The van der Waals surface area contributed by atoms with E-state index < -0.39 is 0 Å². The van der Waals surface area contributed by atoms with Crippen molar-refractivity contribution in [2.45, 2.75) is 38.1 Å². The van der Waals surface area contributed by atoms with Crippen molar-refractivity contribution in [2.75, 3.05) is 11.9 Å². The molecular weight excluding hydrogens is 304 g/mol. The molecule has 0 saturated heterocycles. The summed E-state index contributed by atoms with van der Waals surface area (Å²) >= 11 is 3.43. The Balaban J connectivity index is 2.23. The molecule has 1 aliphatic carbocycles. The Kier molecular flexibility index (Phi) is 4.49. The van der Waals surface area contributed by atoms with Gasteiger partial charge in [-0.2, -0.15) is 5.26 Å². The quantitative estimate of drug-likeness (QED) is 0.892. The molecule has 2 rings (SSSR count). The highest BCUT2D eigenvalue weighted by atomic mass is 79.9. The van der Waals surface area contributed by atoms with Gasteiger partial charge in [-0.25, -0.2) is 0 Å². The normalized spacial score (nSPS) is 26.7. The number of aliphatic hydroxyl groups excluding tert-OH is 1. The van der Waals surface area contributed by atoms with Crippen LogP contribution in [0.5, 0.6) is 0 Å². The molecule has 1 aliphatic rings. The van der Waals surface area contributed by atoms with Crippen LogP contribution in [0.15, 0.2) is 22.7 Å². The molecule has 0 aliphatic heterocycles. The molecule has 1 aromatic rings. The van der Waals surface area contributed by atoms with Gasteiger partial charge in [0.1, 0.15) is 6.07 Å². The van der Waals surface area contributed by atoms with Crippen LogP contribution < -0.4 is 5.32 Å². The Labute approximate surface area is 122 Å². The number of hydrogen-bond donors (Lipinski definition) is 2. The van der Waals surface area contributed by atoms with Gasteiger partial charge in [-0.15, -0.1) is 0 Å². The first-order valence-corrected chi connectivity index (χ1v) is 7.46. The molecule has 102 valence electrons. The van der Waals surface area contributed by atoms with Crippen LogP contribution in [-0.2, 0) is 0 Å². The maximum Gasteiger partial charge on any atom is 0.101 e. The van der Waals surface area contributed by atoms with E-state index in [9.17, 15) is 5.11 Å². The van der Waals surface area contributed by atoms with Crippen molar-refractivity contribution in [3.63, 3.8) is 0 Å². The lowest BCUT2D eigenvalue weighted by atomic mass is 9.77. The Morgan fingerprint density at radius 2 is 2.16 bits per heavy atom. The summed E-state index contributed by atoms with van der Waals surface area (Å²) in [6.45, 7) is 2.36. The highest BCUT2D eigenvalue weighted by molar-refractivity contribution is 9.10. The third-order valence-electron chi connectivity index (χ3n) is 4.04. The molecular formula is C15H19BrN2O. The lowest BCUT2D eigenvalue weighted by Gasteiger charge is -2.39. The summed E-state index contributed by atoms with van der Waals surface area (Å²) in [5, 5.41) is 22.4. The Bertz CT molecular complexity index is 487. The molecule has 0 amide bonds. The summed E-state index contributed by atoms with van der Waals surface area (Å²) in [4.78, 5) is 0. The lowest BCUT2D eigenvalue weighted by Crippen LogP contribution is -2.45. The highest BCUT2D eigenvalue weighted by Gasteiger charge is 2.34. The van der Waals surface area contributed by atoms with Gasteiger partial charge in [0, 0.05) is 4.47 Å². The van der Waals surface area contributed by atoms with E-state index in [1.165, 1.54) is 0 Å². The molecule has 3 nitrogen and oxygen atoms in total. The number of nitriles is 1. The Morgan fingerprint density at radius 1 is 1.47 bits per heavy atom. The van der Waals surface area contributed by atoms with E-state index >= 15 is 0 Å². The van der Waals surface area contributed by atoms with Crippen molar-refractivity contribution in [3.05, 3.63) is 28.2 Å². The van der Waals surface area contributed by atoms with Crippen molar-refractivity contribution in [1.29, 1.82) is 5.26 Å². The van der Waals surface area contributed by atoms with E-state index in [4.69, 9.17) is 5.26 Å². The van der Waals surface area contributed by atoms with Crippen molar-refractivity contribution in [1.82, 2.24) is 0 Å². The van der Waals surface area contributed by atoms with E-state index in [0.29, 0.717) is 5.56 Å². The standard InChI is InChI=1S/C15H19BrN2O/c1-11-4-6-15(10-19,7-5-11)18-14-8-13(16)3-2-12(14)9-17/h2-3,8,11,18-19H,4-7,10H2,1H3. The van der Waals surface area contributed by atoms with Gasteiger partial charge in [-0.05, 0) is 49.8 Å². The molecule has 2 N–H and O–H groups in total. The number of anilines is 1. The summed E-state index contributed by atoms with van der Waals surface area (Å²) in [7, 11) is 0. The second-order valence-corrected chi connectivity index (χ2v) is 6.46. The predicted molar refractivity (Wildman–Crippen MR) is 79.9 cm³/mol. The number of aliphatic hydroxyl groups is 1. The molecule has 1 aromatic carbocycles. The number of benzene rings is 1. The minimum Gasteiger partial charge on any atom is -0.394 e. The molecule has 0 radical (unpaired) electrons. The predicted octanol–water partition coefficient (Wildman–Crippen LogP) is 3.67. The van der Waals surface area contributed by atoms with E-state index in [1.54, 1.807) is 6.07 Å². The van der Waals surface area contributed by atoms with Crippen LogP contribution in [0.25, 0.3) is 0 Å². The zero-order valence-electron chi connectivity index (χ0n) is 11.1. The summed E-state index contributed by atoms with van der Waals surface area (Å²) in [5.41, 5.74) is 1.15. The van der Waals surface area contributed by atoms with Crippen LogP contribution in [0.4, 0.5) is 5.69 Å². The second kappa shape index (κ2) is 5.94. The number of nitrogens with one attached hydrogen (secondary N) is 1. The molecule has 0 heterocycles. The fourth-order valence-electron chi connectivity index (χ4n) is 2.64. The van der Waals surface area contributed by atoms with Gasteiger partial charge in [0.05, 0.1) is 23.4 Å². The average molecular weight is 323 g/mol. The maximum atomic E-state index is 9.76. The first-order chi connectivity index (χ1) is 9.08. The highest BCUT2D eigenvalue weighted by Crippen LogP contribution is 2.35. The molecule has 0 bridgehead atoms. The van der Waals surface area contributed by atoms with E-state index in [2.05, 4.69) is 34.2 Å². The van der Waals surface area contributed by atoms with Gasteiger partial charge in [-0.1, -0.05) is 22.9 Å². The number of halogens is 1. The van der Waals surface area contributed by atoms with Gasteiger partial charge < -0.3 is 10.4 Å². The summed E-state index contributed by atoms with van der Waals surface area (Å²) in [5.74, 6) is 0.722. The Hall–Kier alpha value is -1.05. The van der Waals surface area contributed by atoms with Crippen LogP contribution in [-0.4, -0.2) is 17.3 Å². The molecule has 19 heavy (non-hydrogen) atoms. The lowest BCUT2D eigenvalue weighted by molar-refractivity contribution is 0.155. The van der Waals surface area contributed by atoms with Gasteiger partial charge in [0.15, 0.2) is 0 Å². The van der Waals surface area contributed by atoms with E-state index in [1.807, 2.05) is 12.1 Å². The van der Waals surface area contributed by atoms with Crippen molar-refractivity contribution in [2.24, 2.45) is 5.92 Å². The van der Waals surface area contributed by atoms with Crippen molar-refractivity contribution >= 4 is 21.6 Å². The third kappa shape index (κ3) is 3.29. The summed E-state index contributed by atoms with van der Waals surface area (Å²) in [6.07, 6.45) is 4.12. The number of hydrogen-bond acceptors (Lipinski definition) is 3.